The summed E-state index contributed by atoms with van der Waals surface area (Å²) in [4.78, 5) is 17.0. The van der Waals surface area contributed by atoms with Gasteiger partial charge in [-0.05, 0) is 40.8 Å². The molecule has 3 rings (SSSR count). The van der Waals surface area contributed by atoms with E-state index in [-0.39, 0.29) is 5.56 Å². The average molecular weight is 362 g/mol. The van der Waals surface area contributed by atoms with Gasteiger partial charge in [0.05, 0.1) is 10.9 Å². The minimum absolute atomic E-state index is 0.0117. The van der Waals surface area contributed by atoms with Gasteiger partial charge in [0.25, 0.3) is 5.56 Å². The van der Waals surface area contributed by atoms with Crippen LogP contribution in [0.3, 0.4) is 0 Å². The summed E-state index contributed by atoms with van der Waals surface area (Å²) < 4.78 is 2.64. The summed E-state index contributed by atoms with van der Waals surface area (Å²) in [7, 11) is 1.76. The fourth-order valence-electron chi connectivity index (χ4n) is 2.09. The molecule has 3 nitrogen and oxygen atoms in total. The Kier molecular flexibility index (Phi) is 3.10. The SMILES string of the molecule is Cn1c(-c2ccccc2)nc2ccc(I)cc2c1=O. The van der Waals surface area contributed by atoms with Crippen molar-refractivity contribution in [3.8, 4) is 11.4 Å². The van der Waals surface area contributed by atoms with Crippen LogP contribution in [0.4, 0.5) is 0 Å². The minimum Gasteiger partial charge on any atom is -0.295 e. The van der Waals surface area contributed by atoms with Crippen molar-refractivity contribution in [2.24, 2.45) is 7.05 Å². The fraction of sp³-hybridized carbons (Fsp3) is 0.0667. The standard InChI is InChI=1S/C15H11IN2O/c1-18-14(10-5-3-2-4-6-10)17-13-8-7-11(16)9-12(13)15(18)19/h2-9H,1H3. The Hall–Kier alpha value is -1.69. The third-order valence-electron chi connectivity index (χ3n) is 3.07. The average Bonchev–Trinajstić information content (AvgIpc) is 2.44. The van der Waals surface area contributed by atoms with E-state index in [1.165, 1.54) is 0 Å². The fourth-order valence-corrected chi connectivity index (χ4v) is 2.58. The molecule has 0 aliphatic heterocycles. The van der Waals surface area contributed by atoms with E-state index in [0.29, 0.717) is 11.2 Å². The molecule has 0 aliphatic rings. The first-order valence-corrected chi connectivity index (χ1v) is 6.96. The summed E-state index contributed by atoms with van der Waals surface area (Å²) in [6.45, 7) is 0. The maximum absolute atomic E-state index is 12.4. The molecule has 2 aromatic carbocycles. The van der Waals surface area contributed by atoms with Crippen molar-refractivity contribution in [3.63, 3.8) is 0 Å². The van der Waals surface area contributed by atoms with Crippen molar-refractivity contribution < 1.29 is 0 Å². The number of hydrogen-bond donors (Lipinski definition) is 0. The van der Waals surface area contributed by atoms with Gasteiger partial charge in [-0.25, -0.2) is 4.98 Å². The molecule has 0 bridgehead atoms. The number of hydrogen-bond acceptors (Lipinski definition) is 2. The van der Waals surface area contributed by atoms with E-state index in [4.69, 9.17) is 0 Å². The lowest BCUT2D eigenvalue weighted by Crippen LogP contribution is -2.20. The van der Waals surface area contributed by atoms with Crippen molar-refractivity contribution in [2.75, 3.05) is 0 Å². The lowest BCUT2D eigenvalue weighted by Gasteiger charge is -2.09. The monoisotopic (exact) mass is 362 g/mol. The molecule has 0 N–H and O–H groups in total. The van der Waals surface area contributed by atoms with Gasteiger partial charge >= 0.3 is 0 Å². The zero-order chi connectivity index (χ0) is 13.4. The number of nitrogens with zero attached hydrogens (tertiary/aromatic N) is 2. The highest BCUT2D eigenvalue weighted by Gasteiger charge is 2.09. The first kappa shape index (κ1) is 12.3. The third-order valence-corrected chi connectivity index (χ3v) is 3.74. The topological polar surface area (TPSA) is 34.9 Å². The molecule has 1 aromatic heterocycles. The van der Waals surface area contributed by atoms with Crippen molar-refractivity contribution in [1.29, 1.82) is 0 Å². The second-order valence-electron chi connectivity index (χ2n) is 4.33. The molecule has 0 saturated carbocycles. The molecule has 0 radical (unpaired) electrons. The van der Waals surface area contributed by atoms with Crippen LogP contribution in [0.2, 0.25) is 0 Å². The second-order valence-corrected chi connectivity index (χ2v) is 5.57. The zero-order valence-electron chi connectivity index (χ0n) is 10.3. The van der Waals surface area contributed by atoms with Gasteiger partial charge in [0.1, 0.15) is 5.82 Å². The largest absolute Gasteiger partial charge is 0.295 e. The smallest absolute Gasteiger partial charge is 0.261 e. The number of rotatable bonds is 1. The predicted molar refractivity (Wildman–Crippen MR) is 85.1 cm³/mol. The Morgan fingerprint density at radius 2 is 1.84 bits per heavy atom. The molecule has 0 unspecified atom stereocenters. The molecule has 94 valence electrons. The molecule has 0 atom stereocenters. The van der Waals surface area contributed by atoms with Crippen LogP contribution >= 0.6 is 22.6 Å². The van der Waals surface area contributed by atoms with E-state index in [1.807, 2.05) is 48.5 Å². The van der Waals surface area contributed by atoms with Crippen LogP contribution in [-0.2, 0) is 7.05 Å². The van der Waals surface area contributed by atoms with Crippen LogP contribution in [0.1, 0.15) is 0 Å². The van der Waals surface area contributed by atoms with Crippen LogP contribution < -0.4 is 5.56 Å². The predicted octanol–water partition coefficient (Wildman–Crippen LogP) is 3.21. The lowest BCUT2D eigenvalue weighted by molar-refractivity contribution is 0.856. The zero-order valence-corrected chi connectivity index (χ0v) is 12.5. The van der Waals surface area contributed by atoms with Crippen LogP contribution in [0.5, 0.6) is 0 Å². The maximum Gasteiger partial charge on any atom is 0.261 e. The summed E-state index contributed by atoms with van der Waals surface area (Å²) in [6.07, 6.45) is 0. The van der Waals surface area contributed by atoms with Crippen LogP contribution in [0.25, 0.3) is 22.3 Å². The van der Waals surface area contributed by atoms with E-state index in [9.17, 15) is 4.79 Å². The Balaban J connectivity index is 2.37. The van der Waals surface area contributed by atoms with Crippen molar-refractivity contribution >= 4 is 33.5 Å². The molecule has 0 fully saturated rings. The number of aromatic nitrogens is 2. The first-order valence-electron chi connectivity index (χ1n) is 5.88. The summed E-state index contributed by atoms with van der Waals surface area (Å²) >= 11 is 2.20. The van der Waals surface area contributed by atoms with Crippen molar-refractivity contribution in [2.45, 2.75) is 0 Å². The van der Waals surface area contributed by atoms with Gasteiger partial charge in [0.15, 0.2) is 0 Å². The van der Waals surface area contributed by atoms with E-state index in [1.54, 1.807) is 11.6 Å². The van der Waals surface area contributed by atoms with Crippen LogP contribution in [-0.4, -0.2) is 9.55 Å². The van der Waals surface area contributed by atoms with E-state index in [0.717, 1.165) is 14.7 Å². The molecule has 1 heterocycles. The summed E-state index contributed by atoms with van der Waals surface area (Å²) in [5.41, 5.74) is 1.67. The molecular formula is C15H11IN2O. The normalized spacial score (nSPS) is 10.8. The van der Waals surface area contributed by atoms with Crippen molar-refractivity contribution in [3.05, 3.63) is 62.5 Å². The molecule has 0 amide bonds. The first-order chi connectivity index (χ1) is 9.16. The molecule has 3 aromatic rings. The maximum atomic E-state index is 12.4. The summed E-state index contributed by atoms with van der Waals surface area (Å²) in [6, 6.07) is 15.5. The molecule has 0 spiro atoms. The number of fused-ring (bicyclic) bond motifs is 1. The highest BCUT2D eigenvalue weighted by Crippen LogP contribution is 2.18. The highest BCUT2D eigenvalue weighted by molar-refractivity contribution is 14.1. The molecule has 0 saturated heterocycles. The minimum atomic E-state index is -0.0117. The third kappa shape index (κ3) is 2.16. The van der Waals surface area contributed by atoms with Gasteiger partial charge in [-0.15, -0.1) is 0 Å². The van der Waals surface area contributed by atoms with Gasteiger partial charge in [-0.2, -0.15) is 0 Å². The second kappa shape index (κ2) is 4.77. The van der Waals surface area contributed by atoms with Crippen molar-refractivity contribution in [1.82, 2.24) is 9.55 Å². The van der Waals surface area contributed by atoms with Gasteiger partial charge < -0.3 is 0 Å². The Morgan fingerprint density at radius 3 is 2.58 bits per heavy atom. The van der Waals surface area contributed by atoms with Crippen LogP contribution in [0.15, 0.2) is 53.3 Å². The van der Waals surface area contributed by atoms with E-state index >= 15 is 0 Å². The van der Waals surface area contributed by atoms with Gasteiger partial charge in [0.2, 0.25) is 0 Å². The number of benzene rings is 2. The number of halogens is 1. The molecule has 19 heavy (non-hydrogen) atoms. The molecular weight excluding hydrogens is 351 g/mol. The molecule has 4 heteroatoms. The Labute approximate surface area is 124 Å². The molecule has 0 aliphatic carbocycles. The lowest BCUT2D eigenvalue weighted by atomic mass is 10.2. The Morgan fingerprint density at radius 1 is 1.11 bits per heavy atom. The van der Waals surface area contributed by atoms with Gasteiger partial charge in [0, 0.05) is 16.2 Å². The Bertz CT molecular complexity index is 809. The van der Waals surface area contributed by atoms with Gasteiger partial charge in [-0.1, -0.05) is 30.3 Å². The summed E-state index contributed by atoms with van der Waals surface area (Å²) in [5, 5.41) is 0.661. The quantitative estimate of drug-likeness (QED) is 0.624. The van der Waals surface area contributed by atoms with Gasteiger partial charge in [-0.3, -0.25) is 9.36 Å². The van der Waals surface area contributed by atoms with Crippen LogP contribution in [0, 0.1) is 3.57 Å². The highest BCUT2D eigenvalue weighted by atomic mass is 127. The summed E-state index contributed by atoms with van der Waals surface area (Å²) in [5.74, 6) is 0.694. The van der Waals surface area contributed by atoms with E-state index < -0.39 is 0 Å². The van der Waals surface area contributed by atoms with E-state index in [2.05, 4.69) is 27.6 Å².